The molecule has 0 saturated carbocycles. The lowest BCUT2D eigenvalue weighted by molar-refractivity contribution is -0.138. The van der Waals surface area contributed by atoms with Gasteiger partial charge in [0.15, 0.2) is 11.6 Å². The summed E-state index contributed by atoms with van der Waals surface area (Å²) in [4.78, 5) is 0. The molecule has 2 rings (SSSR count). The summed E-state index contributed by atoms with van der Waals surface area (Å²) >= 11 is 0. The third-order valence-corrected chi connectivity index (χ3v) is 2.44. The second kappa shape index (κ2) is 3.62. The quantitative estimate of drug-likeness (QED) is 0.757. The highest BCUT2D eigenvalue weighted by atomic mass is 19.4. The van der Waals surface area contributed by atoms with E-state index in [9.17, 15) is 17.6 Å². The van der Waals surface area contributed by atoms with E-state index in [2.05, 4.69) is 0 Å². The van der Waals surface area contributed by atoms with E-state index in [4.69, 9.17) is 9.84 Å². The van der Waals surface area contributed by atoms with Crippen LogP contribution in [0, 0.1) is 5.82 Å². The molecule has 1 N–H and O–H groups in total. The Morgan fingerprint density at radius 3 is 2.62 bits per heavy atom. The molecule has 1 aliphatic heterocycles. The molecule has 6 heteroatoms. The fraction of sp³-hybridized carbons (Fsp3) is 0.400. The van der Waals surface area contributed by atoms with E-state index in [1.54, 1.807) is 0 Å². The van der Waals surface area contributed by atoms with Crippen molar-refractivity contribution in [1.82, 2.24) is 0 Å². The Kier molecular flexibility index (Phi) is 2.53. The zero-order valence-electron chi connectivity index (χ0n) is 8.01. The predicted molar refractivity (Wildman–Crippen MR) is 46.6 cm³/mol. The third kappa shape index (κ3) is 1.73. The Bertz CT molecular complexity index is 414. The lowest BCUT2D eigenvalue weighted by Gasteiger charge is -2.10. The van der Waals surface area contributed by atoms with Gasteiger partial charge in [-0.3, -0.25) is 0 Å². The van der Waals surface area contributed by atoms with Crippen LogP contribution in [-0.2, 0) is 12.6 Å². The van der Waals surface area contributed by atoms with Gasteiger partial charge >= 0.3 is 6.18 Å². The fourth-order valence-electron chi connectivity index (χ4n) is 1.73. The highest BCUT2D eigenvalue weighted by Crippen LogP contribution is 2.41. The van der Waals surface area contributed by atoms with Crippen LogP contribution in [-0.4, -0.2) is 17.8 Å². The van der Waals surface area contributed by atoms with Gasteiger partial charge in [0.05, 0.1) is 12.2 Å². The normalized spacial score (nSPS) is 19.4. The van der Waals surface area contributed by atoms with Gasteiger partial charge in [-0.1, -0.05) is 0 Å². The van der Waals surface area contributed by atoms with Crippen molar-refractivity contribution in [3.05, 3.63) is 29.1 Å². The highest BCUT2D eigenvalue weighted by molar-refractivity contribution is 5.46. The van der Waals surface area contributed by atoms with Gasteiger partial charge in [-0.05, 0) is 12.1 Å². The molecule has 1 atom stereocenters. The molecular weight excluding hydrogens is 228 g/mol. The zero-order chi connectivity index (χ0) is 11.9. The van der Waals surface area contributed by atoms with Crippen molar-refractivity contribution in [2.75, 3.05) is 6.61 Å². The van der Waals surface area contributed by atoms with Crippen LogP contribution in [0.1, 0.15) is 11.1 Å². The molecule has 0 aliphatic carbocycles. The van der Waals surface area contributed by atoms with Crippen molar-refractivity contribution in [3.8, 4) is 5.75 Å². The second-order valence-corrected chi connectivity index (χ2v) is 3.53. The van der Waals surface area contributed by atoms with Crippen molar-refractivity contribution in [2.45, 2.75) is 18.7 Å². The van der Waals surface area contributed by atoms with Gasteiger partial charge in [-0.15, -0.1) is 0 Å². The van der Waals surface area contributed by atoms with Crippen molar-refractivity contribution in [3.63, 3.8) is 0 Å². The summed E-state index contributed by atoms with van der Waals surface area (Å²) in [5.41, 5.74) is -1.12. The summed E-state index contributed by atoms with van der Waals surface area (Å²) < 4.78 is 55.8. The molecule has 88 valence electrons. The Labute approximate surface area is 88.5 Å². The molecule has 0 fully saturated rings. The molecular formula is C10H8F4O2. The summed E-state index contributed by atoms with van der Waals surface area (Å²) in [5.74, 6) is -1.23. The molecule has 1 aromatic rings. The minimum atomic E-state index is -4.54. The van der Waals surface area contributed by atoms with Gasteiger partial charge in [-0.2, -0.15) is 13.2 Å². The first kappa shape index (κ1) is 11.2. The molecule has 2 nitrogen and oxygen atoms in total. The number of hydrogen-bond donors (Lipinski definition) is 1. The van der Waals surface area contributed by atoms with E-state index in [0.29, 0.717) is 6.07 Å². The van der Waals surface area contributed by atoms with Crippen LogP contribution < -0.4 is 4.74 Å². The number of ether oxygens (including phenoxy) is 1. The van der Waals surface area contributed by atoms with Gasteiger partial charge in [0.2, 0.25) is 0 Å². The van der Waals surface area contributed by atoms with Crippen molar-refractivity contribution in [1.29, 1.82) is 0 Å². The van der Waals surface area contributed by atoms with E-state index in [0.717, 1.165) is 6.07 Å². The lowest BCUT2D eigenvalue weighted by atomic mass is 10.0. The zero-order valence-corrected chi connectivity index (χ0v) is 8.01. The number of benzene rings is 1. The average Bonchev–Trinajstić information content (AvgIpc) is 2.60. The van der Waals surface area contributed by atoms with Crippen molar-refractivity contribution in [2.24, 2.45) is 0 Å². The molecule has 0 bridgehead atoms. The summed E-state index contributed by atoms with van der Waals surface area (Å²) in [6.07, 6.45) is -5.46. The largest absolute Gasteiger partial charge is 0.484 e. The van der Waals surface area contributed by atoms with Crippen LogP contribution in [0.25, 0.3) is 0 Å². The van der Waals surface area contributed by atoms with Crippen molar-refractivity contribution < 1.29 is 27.4 Å². The number of aliphatic hydroxyl groups excluding tert-OH is 1. The minimum absolute atomic E-state index is 0.127. The maximum Gasteiger partial charge on any atom is 0.416 e. The third-order valence-electron chi connectivity index (χ3n) is 2.44. The smallest absolute Gasteiger partial charge is 0.416 e. The summed E-state index contributed by atoms with van der Waals surface area (Å²) in [7, 11) is 0. The topological polar surface area (TPSA) is 29.5 Å². The van der Waals surface area contributed by atoms with Crippen LogP contribution in [0.3, 0.4) is 0 Å². The van der Waals surface area contributed by atoms with Crippen LogP contribution in [0.15, 0.2) is 12.1 Å². The van der Waals surface area contributed by atoms with Gasteiger partial charge < -0.3 is 9.84 Å². The standard InChI is InChI=1S/C10H8F4O2/c11-8-2-1-7(10(12,13)14)6-3-5(4-15)16-9(6)8/h1-2,5,15H,3-4H2. The van der Waals surface area contributed by atoms with E-state index in [1.165, 1.54) is 0 Å². The minimum Gasteiger partial charge on any atom is -0.484 e. The summed E-state index contributed by atoms with van der Waals surface area (Å²) in [5, 5.41) is 8.79. The molecule has 1 aromatic carbocycles. The van der Waals surface area contributed by atoms with E-state index >= 15 is 0 Å². The Hall–Kier alpha value is -1.30. The highest BCUT2D eigenvalue weighted by Gasteiger charge is 2.39. The van der Waals surface area contributed by atoms with Gasteiger partial charge in [-0.25, -0.2) is 4.39 Å². The molecule has 0 spiro atoms. The van der Waals surface area contributed by atoms with Crippen LogP contribution in [0.4, 0.5) is 17.6 Å². The predicted octanol–water partition coefficient (Wildman–Crippen LogP) is 2.14. The molecule has 0 amide bonds. The molecule has 1 heterocycles. The first-order valence-corrected chi connectivity index (χ1v) is 4.59. The Morgan fingerprint density at radius 2 is 2.06 bits per heavy atom. The van der Waals surface area contributed by atoms with E-state index in [1.807, 2.05) is 0 Å². The first-order chi connectivity index (χ1) is 7.43. The maximum absolute atomic E-state index is 13.2. The average molecular weight is 236 g/mol. The number of aliphatic hydroxyl groups is 1. The Morgan fingerprint density at radius 1 is 1.38 bits per heavy atom. The second-order valence-electron chi connectivity index (χ2n) is 3.53. The molecule has 1 aliphatic rings. The number of halogens is 4. The summed E-state index contributed by atoms with van der Waals surface area (Å²) in [6.45, 7) is -0.439. The number of rotatable bonds is 1. The maximum atomic E-state index is 13.2. The van der Waals surface area contributed by atoms with Gasteiger partial charge in [0.1, 0.15) is 6.10 Å². The van der Waals surface area contributed by atoms with E-state index < -0.39 is 36.0 Å². The molecule has 0 radical (unpaired) electrons. The monoisotopic (exact) mass is 236 g/mol. The van der Waals surface area contributed by atoms with E-state index in [-0.39, 0.29) is 12.0 Å². The fourth-order valence-corrected chi connectivity index (χ4v) is 1.73. The van der Waals surface area contributed by atoms with Crippen LogP contribution in [0.2, 0.25) is 0 Å². The lowest BCUT2D eigenvalue weighted by Crippen LogP contribution is -2.18. The van der Waals surface area contributed by atoms with Crippen LogP contribution >= 0.6 is 0 Å². The number of alkyl halides is 3. The molecule has 0 aromatic heterocycles. The van der Waals surface area contributed by atoms with Gasteiger partial charge in [0, 0.05) is 12.0 Å². The van der Waals surface area contributed by atoms with Crippen LogP contribution in [0.5, 0.6) is 5.75 Å². The summed E-state index contributed by atoms with van der Waals surface area (Å²) in [6, 6.07) is 1.42. The molecule has 1 unspecified atom stereocenters. The SMILES string of the molecule is OCC1Cc2c(C(F)(F)F)ccc(F)c2O1. The number of fused-ring (bicyclic) bond motifs is 1. The van der Waals surface area contributed by atoms with Crippen molar-refractivity contribution >= 4 is 0 Å². The molecule has 16 heavy (non-hydrogen) atoms. The Balaban J connectivity index is 2.50. The molecule has 0 saturated heterocycles. The van der Waals surface area contributed by atoms with Gasteiger partial charge in [0.25, 0.3) is 0 Å². The first-order valence-electron chi connectivity index (χ1n) is 4.59. The number of hydrogen-bond acceptors (Lipinski definition) is 2.